The summed E-state index contributed by atoms with van der Waals surface area (Å²) in [5.74, 6) is -2.08. The van der Waals surface area contributed by atoms with Crippen LogP contribution >= 0.6 is 11.6 Å². The van der Waals surface area contributed by atoms with E-state index >= 15 is 0 Å². The first-order chi connectivity index (χ1) is 14.8. The van der Waals surface area contributed by atoms with Gasteiger partial charge < -0.3 is 9.32 Å². The molecule has 1 aliphatic heterocycles. The molecule has 4 rings (SSSR count). The molecule has 1 fully saturated rings. The lowest BCUT2D eigenvalue weighted by Gasteiger charge is -2.33. The Hall–Kier alpha value is -2.75. The molecule has 0 spiro atoms. The van der Waals surface area contributed by atoms with E-state index in [1.54, 1.807) is 36.4 Å². The van der Waals surface area contributed by atoms with Crippen molar-refractivity contribution in [1.29, 1.82) is 0 Å². The van der Waals surface area contributed by atoms with Crippen molar-refractivity contribution in [2.45, 2.75) is 4.90 Å². The Kier molecular flexibility index (Phi) is 5.83. The first-order valence-electron chi connectivity index (χ1n) is 9.36. The second-order valence-electron chi connectivity index (χ2n) is 6.92. The number of piperazine rings is 1. The lowest BCUT2D eigenvalue weighted by atomic mass is 10.2. The summed E-state index contributed by atoms with van der Waals surface area (Å²) in [5.41, 5.74) is 0.756. The Bertz CT molecular complexity index is 1200. The first kappa shape index (κ1) is 21.5. The third-order valence-corrected chi connectivity index (χ3v) is 7.19. The summed E-state index contributed by atoms with van der Waals surface area (Å²) in [7, 11) is -4.36. The number of carbonyl (C=O) groups is 1. The monoisotopic (exact) mass is 466 g/mol. The number of furan rings is 1. The van der Waals surface area contributed by atoms with Crippen LogP contribution in [-0.4, -0.2) is 49.7 Å². The van der Waals surface area contributed by atoms with Crippen LogP contribution < -0.4 is 0 Å². The number of halogens is 3. The fourth-order valence-electron chi connectivity index (χ4n) is 3.37. The van der Waals surface area contributed by atoms with Gasteiger partial charge in [-0.05, 0) is 48.5 Å². The SMILES string of the molecule is O=C(c1ccc(-c2ccc(Cl)cc2)o1)N1CCN(S(=O)(=O)c2c(F)cccc2F)CC1. The van der Waals surface area contributed by atoms with Crippen LogP contribution in [0, 0.1) is 11.6 Å². The third-order valence-electron chi connectivity index (χ3n) is 4.99. The number of nitrogens with zero attached hydrogens (tertiary/aromatic N) is 2. The fourth-order valence-corrected chi connectivity index (χ4v) is 5.02. The van der Waals surface area contributed by atoms with Crippen LogP contribution in [0.5, 0.6) is 0 Å². The number of benzene rings is 2. The van der Waals surface area contributed by atoms with Crippen molar-refractivity contribution >= 4 is 27.5 Å². The van der Waals surface area contributed by atoms with E-state index in [0.717, 1.165) is 28.1 Å². The van der Waals surface area contributed by atoms with Crippen LogP contribution in [0.15, 0.2) is 63.9 Å². The van der Waals surface area contributed by atoms with Gasteiger partial charge in [-0.2, -0.15) is 4.31 Å². The minimum atomic E-state index is -4.36. The highest BCUT2D eigenvalue weighted by Crippen LogP contribution is 2.26. The maximum Gasteiger partial charge on any atom is 0.289 e. The molecule has 1 saturated heterocycles. The molecule has 1 aliphatic rings. The predicted molar refractivity (Wildman–Crippen MR) is 110 cm³/mol. The minimum absolute atomic E-state index is 0.0606. The smallest absolute Gasteiger partial charge is 0.289 e. The summed E-state index contributed by atoms with van der Waals surface area (Å²) in [6.45, 7) is -0.0601. The van der Waals surface area contributed by atoms with Crippen molar-refractivity contribution in [3.63, 3.8) is 0 Å². The molecule has 10 heteroatoms. The molecule has 0 unspecified atom stereocenters. The van der Waals surface area contributed by atoms with Gasteiger partial charge in [0.05, 0.1) is 0 Å². The molecule has 0 saturated carbocycles. The zero-order chi connectivity index (χ0) is 22.2. The highest BCUT2D eigenvalue weighted by atomic mass is 35.5. The Morgan fingerprint density at radius 3 is 2.13 bits per heavy atom. The van der Waals surface area contributed by atoms with E-state index in [9.17, 15) is 22.0 Å². The molecule has 31 heavy (non-hydrogen) atoms. The lowest BCUT2D eigenvalue weighted by molar-refractivity contribution is 0.0666. The molecule has 0 radical (unpaired) electrons. The van der Waals surface area contributed by atoms with Crippen molar-refractivity contribution in [2.24, 2.45) is 0 Å². The lowest BCUT2D eigenvalue weighted by Crippen LogP contribution is -2.50. The Morgan fingerprint density at radius 2 is 1.52 bits per heavy atom. The number of rotatable bonds is 4. The summed E-state index contributed by atoms with van der Waals surface area (Å²) in [6.07, 6.45) is 0. The van der Waals surface area contributed by atoms with Gasteiger partial charge in [-0.15, -0.1) is 0 Å². The Balaban J connectivity index is 1.45. The number of hydrogen-bond donors (Lipinski definition) is 0. The van der Waals surface area contributed by atoms with Crippen LogP contribution in [0.4, 0.5) is 8.78 Å². The van der Waals surface area contributed by atoms with E-state index in [2.05, 4.69) is 0 Å². The number of amides is 1. The van der Waals surface area contributed by atoms with Crippen LogP contribution in [0.2, 0.25) is 5.02 Å². The maximum absolute atomic E-state index is 14.0. The van der Waals surface area contributed by atoms with Gasteiger partial charge in [0.1, 0.15) is 17.4 Å². The molecular weight excluding hydrogens is 450 g/mol. The van der Waals surface area contributed by atoms with Gasteiger partial charge in [-0.25, -0.2) is 17.2 Å². The molecule has 162 valence electrons. The van der Waals surface area contributed by atoms with Gasteiger partial charge in [0.25, 0.3) is 5.91 Å². The Morgan fingerprint density at radius 1 is 0.903 bits per heavy atom. The van der Waals surface area contributed by atoms with Crippen LogP contribution in [0.1, 0.15) is 10.6 Å². The van der Waals surface area contributed by atoms with Crippen LogP contribution in [0.3, 0.4) is 0 Å². The molecule has 1 amide bonds. The zero-order valence-electron chi connectivity index (χ0n) is 16.1. The van der Waals surface area contributed by atoms with Crippen molar-refractivity contribution in [2.75, 3.05) is 26.2 Å². The molecule has 0 aliphatic carbocycles. The molecule has 6 nitrogen and oxygen atoms in total. The van der Waals surface area contributed by atoms with Gasteiger partial charge in [-0.3, -0.25) is 4.79 Å². The highest BCUT2D eigenvalue weighted by Gasteiger charge is 2.34. The van der Waals surface area contributed by atoms with E-state index in [-0.39, 0.29) is 31.9 Å². The maximum atomic E-state index is 14.0. The summed E-state index contributed by atoms with van der Waals surface area (Å²) in [5, 5.41) is 0.578. The molecule has 1 aromatic heterocycles. The molecule has 2 heterocycles. The van der Waals surface area contributed by atoms with Gasteiger partial charge in [0.15, 0.2) is 10.7 Å². The molecule has 3 aromatic rings. The second kappa shape index (κ2) is 8.41. The fraction of sp³-hybridized carbons (Fsp3) is 0.190. The van der Waals surface area contributed by atoms with Gasteiger partial charge in [0, 0.05) is 36.8 Å². The third kappa shape index (κ3) is 4.21. The number of sulfonamides is 1. The average Bonchev–Trinajstić information content (AvgIpc) is 3.24. The summed E-state index contributed by atoms with van der Waals surface area (Å²) in [6, 6.07) is 13.0. The second-order valence-corrected chi connectivity index (χ2v) is 9.23. The molecule has 0 N–H and O–H groups in total. The number of hydrogen-bond acceptors (Lipinski definition) is 4. The molecule has 0 bridgehead atoms. The van der Waals surface area contributed by atoms with Crippen LogP contribution in [0.25, 0.3) is 11.3 Å². The van der Waals surface area contributed by atoms with Crippen LogP contribution in [-0.2, 0) is 10.0 Å². The molecule has 2 aromatic carbocycles. The van der Waals surface area contributed by atoms with Gasteiger partial charge >= 0.3 is 0 Å². The predicted octanol–water partition coefficient (Wildman–Crippen LogP) is 4.02. The van der Waals surface area contributed by atoms with E-state index in [0.29, 0.717) is 10.8 Å². The summed E-state index contributed by atoms with van der Waals surface area (Å²) in [4.78, 5) is 13.2. The van der Waals surface area contributed by atoms with Crippen molar-refractivity contribution < 1.29 is 26.4 Å². The van der Waals surface area contributed by atoms with Crippen molar-refractivity contribution in [3.05, 3.63) is 77.0 Å². The first-order valence-corrected chi connectivity index (χ1v) is 11.2. The largest absolute Gasteiger partial charge is 0.451 e. The molecule has 0 atom stereocenters. The van der Waals surface area contributed by atoms with E-state index in [4.69, 9.17) is 16.0 Å². The number of carbonyl (C=O) groups excluding carboxylic acids is 1. The summed E-state index contributed by atoms with van der Waals surface area (Å²) >= 11 is 5.88. The van der Waals surface area contributed by atoms with Crippen molar-refractivity contribution in [1.82, 2.24) is 9.21 Å². The van der Waals surface area contributed by atoms with Gasteiger partial charge in [0.2, 0.25) is 10.0 Å². The quantitative estimate of drug-likeness (QED) is 0.582. The molecular formula is C21H17ClF2N2O4S. The topological polar surface area (TPSA) is 70.8 Å². The average molecular weight is 467 g/mol. The normalized spacial score (nSPS) is 15.3. The van der Waals surface area contributed by atoms with E-state index in [1.807, 2.05) is 0 Å². The van der Waals surface area contributed by atoms with Gasteiger partial charge in [-0.1, -0.05) is 17.7 Å². The van der Waals surface area contributed by atoms with E-state index in [1.165, 1.54) is 4.90 Å². The van der Waals surface area contributed by atoms with Crippen molar-refractivity contribution in [3.8, 4) is 11.3 Å². The van der Waals surface area contributed by atoms with E-state index < -0.39 is 32.5 Å². The Labute approximate surface area is 182 Å². The zero-order valence-corrected chi connectivity index (χ0v) is 17.7. The summed E-state index contributed by atoms with van der Waals surface area (Å²) < 4.78 is 59.9. The highest BCUT2D eigenvalue weighted by molar-refractivity contribution is 7.89. The standard InChI is InChI=1S/C21H17ClF2N2O4S/c22-15-6-4-14(5-7-15)18-8-9-19(30-18)21(27)25-10-12-26(13-11-25)31(28,29)20-16(23)2-1-3-17(20)24/h1-9H,10-13H2. The minimum Gasteiger partial charge on any atom is -0.451 e.